The Labute approximate surface area is 106 Å². The van der Waals surface area contributed by atoms with E-state index in [1.807, 2.05) is 0 Å². The smallest absolute Gasteiger partial charge is 0.331 e. The number of nitrogens with one attached hydrogen (secondary N) is 1. The molecule has 104 valence electrons. The topological polar surface area (TPSA) is 99.1 Å². The molecule has 2 atom stereocenters. The molecule has 0 aromatic carbocycles. The molecular formula is C10H19N2O5P. The minimum absolute atomic E-state index is 0.0670. The summed E-state index contributed by atoms with van der Waals surface area (Å²) >= 11 is 0. The number of allylic oxidation sites excluding steroid dienone is 1. The molecule has 0 radical (unpaired) electrons. The lowest BCUT2D eigenvalue weighted by atomic mass is 10.2. The summed E-state index contributed by atoms with van der Waals surface area (Å²) in [6.07, 6.45) is 3.13. The molecule has 0 aliphatic carbocycles. The average Bonchev–Trinajstić information content (AvgIpc) is 2.29. The molecule has 1 fully saturated rings. The van der Waals surface area contributed by atoms with Crippen LogP contribution >= 0.6 is 7.60 Å². The normalized spacial score (nSPS) is 24.1. The lowest BCUT2D eigenvalue weighted by Crippen LogP contribution is -2.52. The molecule has 3 N–H and O–H groups in total. The van der Waals surface area contributed by atoms with Gasteiger partial charge in [0, 0.05) is 19.6 Å². The van der Waals surface area contributed by atoms with Gasteiger partial charge in [-0.25, -0.2) is 0 Å². The molecule has 1 saturated heterocycles. The van der Waals surface area contributed by atoms with Crippen molar-refractivity contribution in [1.82, 2.24) is 10.2 Å². The van der Waals surface area contributed by atoms with E-state index in [1.165, 1.54) is 0 Å². The molecule has 0 aromatic heterocycles. The Balaban J connectivity index is 2.42. The van der Waals surface area contributed by atoms with Crippen LogP contribution in [0.4, 0.5) is 0 Å². The van der Waals surface area contributed by atoms with Crippen LogP contribution in [0.1, 0.15) is 6.92 Å². The number of hydrogen-bond acceptors (Lipinski definition) is 5. The summed E-state index contributed by atoms with van der Waals surface area (Å²) in [4.78, 5) is 21.9. The van der Waals surface area contributed by atoms with Crippen molar-refractivity contribution in [3.05, 3.63) is 12.3 Å². The van der Waals surface area contributed by atoms with Gasteiger partial charge in [0.25, 0.3) is 0 Å². The third-order valence-electron chi connectivity index (χ3n) is 2.49. The van der Waals surface area contributed by atoms with Crippen LogP contribution in [0.3, 0.4) is 0 Å². The average molecular weight is 278 g/mol. The Morgan fingerprint density at radius 2 is 2.39 bits per heavy atom. The van der Waals surface area contributed by atoms with Crippen molar-refractivity contribution in [2.75, 3.05) is 32.4 Å². The van der Waals surface area contributed by atoms with Gasteiger partial charge in [-0.3, -0.25) is 9.36 Å². The maximum Gasteiger partial charge on any atom is 0.331 e. The van der Waals surface area contributed by atoms with Gasteiger partial charge in [0.15, 0.2) is 0 Å². The standard InChI is InChI=1S/C10H19N2O5P/c1-2-17-18(15,16)7-3-5-12-6-4-11-9(8-12)10(13)14/h3,5,9,11H,2,4,6-8H2,1H3,(H,13,14)(H,15,16). The highest BCUT2D eigenvalue weighted by molar-refractivity contribution is 7.53. The second-order valence-corrected chi connectivity index (χ2v) is 5.86. The molecule has 1 aliphatic heterocycles. The molecule has 0 spiro atoms. The number of piperazine rings is 1. The monoisotopic (exact) mass is 278 g/mol. The molecule has 0 amide bonds. The van der Waals surface area contributed by atoms with Gasteiger partial charge in [-0.1, -0.05) is 6.08 Å². The van der Waals surface area contributed by atoms with Crippen molar-refractivity contribution < 1.29 is 23.9 Å². The molecule has 0 aromatic rings. The van der Waals surface area contributed by atoms with Gasteiger partial charge >= 0.3 is 13.6 Å². The molecular weight excluding hydrogens is 259 g/mol. The van der Waals surface area contributed by atoms with Crippen LogP contribution in [0.5, 0.6) is 0 Å². The minimum atomic E-state index is -3.54. The van der Waals surface area contributed by atoms with Gasteiger partial charge in [-0.2, -0.15) is 0 Å². The first-order valence-electron chi connectivity index (χ1n) is 5.78. The zero-order valence-electron chi connectivity index (χ0n) is 10.3. The first-order valence-corrected chi connectivity index (χ1v) is 7.54. The highest BCUT2D eigenvalue weighted by Gasteiger charge is 2.23. The van der Waals surface area contributed by atoms with Crippen molar-refractivity contribution in [2.45, 2.75) is 13.0 Å². The lowest BCUT2D eigenvalue weighted by molar-refractivity contribution is -0.140. The van der Waals surface area contributed by atoms with Crippen LogP contribution in [-0.2, 0) is 13.9 Å². The molecule has 1 heterocycles. The Morgan fingerprint density at radius 1 is 1.67 bits per heavy atom. The Bertz CT molecular complexity index is 360. The minimum Gasteiger partial charge on any atom is -0.480 e. The van der Waals surface area contributed by atoms with E-state index >= 15 is 0 Å². The number of carboxylic acids is 1. The summed E-state index contributed by atoms with van der Waals surface area (Å²) in [5, 5.41) is 11.7. The van der Waals surface area contributed by atoms with E-state index in [0.29, 0.717) is 19.6 Å². The third kappa shape index (κ3) is 5.18. The van der Waals surface area contributed by atoms with Gasteiger partial charge in [0.2, 0.25) is 0 Å². The Kier molecular flexibility index (Phi) is 5.81. The zero-order valence-corrected chi connectivity index (χ0v) is 11.2. The maximum absolute atomic E-state index is 11.4. The van der Waals surface area contributed by atoms with Crippen molar-refractivity contribution in [3.8, 4) is 0 Å². The number of carbonyl (C=O) groups is 1. The number of nitrogens with zero attached hydrogens (tertiary/aromatic N) is 1. The fourth-order valence-corrected chi connectivity index (χ4v) is 2.53. The van der Waals surface area contributed by atoms with Crippen LogP contribution < -0.4 is 5.32 Å². The van der Waals surface area contributed by atoms with E-state index in [1.54, 1.807) is 24.1 Å². The Hall–Kier alpha value is -0.880. The summed E-state index contributed by atoms with van der Waals surface area (Å²) in [5.74, 6) is -0.893. The summed E-state index contributed by atoms with van der Waals surface area (Å²) in [6, 6.07) is -0.601. The summed E-state index contributed by atoms with van der Waals surface area (Å²) in [5.41, 5.74) is 0. The maximum atomic E-state index is 11.4. The highest BCUT2D eigenvalue weighted by atomic mass is 31.2. The van der Waals surface area contributed by atoms with Gasteiger partial charge in [0.05, 0.1) is 12.8 Å². The lowest BCUT2D eigenvalue weighted by Gasteiger charge is -2.30. The van der Waals surface area contributed by atoms with Crippen molar-refractivity contribution in [2.24, 2.45) is 0 Å². The quantitative estimate of drug-likeness (QED) is 0.592. The molecule has 0 bridgehead atoms. The van der Waals surface area contributed by atoms with E-state index in [0.717, 1.165) is 0 Å². The summed E-state index contributed by atoms with van der Waals surface area (Å²) < 4.78 is 16.1. The molecule has 7 nitrogen and oxygen atoms in total. The molecule has 2 unspecified atom stereocenters. The van der Waals surface area contributed by atoms with Gasteiger partial charge in [-0.05, 0) is 13.1 Å². The number of carboxylic acid groups (broad SMARTS) is 1. The van der Waals surface area contributed by atoms with Crippen molar-refractivity contribution >= 4 is 13.6 Å². The van der Waals surface area contributed by atoms with Crippen LogP contribution in [-0.4, -0.2) is 59.3 Å². The van der Waals surface area contributed by atoms with Gasteiger partial charge in [0.1, 0.15) is 6.04 Å². The molecule has 1 aliphatic rings. The van der Waals surface area contributed by atoms with Crippen molar-refractivity contribution in [3.63, 3.8) is 0 Å². The molecule has 0 saturated carbocycles. The second-order valence-electron chi connectivity index (χ2n) is 3.96. The van der Waals surface area contributed by atoms with E-state index in [9.17, 15) is 14.3 Å². The fourth-order valence-electron chi connectivity index (χ4n) is 1.66. The second kappa shape index (κ2) is 6.89. The number of rotatable bonds is 6. The van der Waals surface area contributed by atoms with E-state index in [-0.39, 0.29) is 12.8 Å². The zero-order chi connectivity index (χ0) is 13.6. The number of hydrogen-bond donors (Lipinski definition) is 3. The van der Waals surface area contributed by atoms with E-state index in [2.05, 4.69) is 5.32 Å². The highest BCUT2D eigenvalue weighted by Crippen LogP contribution is 2.41. The fraction of sp³-hybridized carbons (Fsp3) is 0.700. The summed E-state index contributed by atoms with van der Waals surface area (Å²) in [7, 11) is -3.54. The first-order chi connectivity index (χ1) is 8.44. The number of aliphatic carboxylic acids is 1. The van der Waals surface area contributed by atoms with Crippen LogP contribution in [0.15, 0.2) is 12.3 Å². The van der Waals surface area contributed by atoms with E-state index < -0.39 is 19.6 Å². The largest absolute Gasteiger partial charge is 0.480 e. The molecule has 18 heavy (non-hydrogen) atoms. The van der Waals surface area contributed by atoms with Crippen LogP contribution in [0.25, 0.3) is 0 Å². The summed E-state index contributed by atoms with van der Waals surface area (Å²) in [6.45, 7) is 3.43. The van der Waals surface area contributed by atoms with Crippen LogP contribution in [0.2, 0.25) is 0 Å². The molecule has 8 heteroatoms. The van der Waals surface area contributed by atoms with Crippen LogP contribution in [0, 0.1) is 0 Å². The van der Waals surface area contributed by atoms with E-state index in [4.69, 9.17) is 9.63 Å². The third-order valence-corrected chi connectivity index (χ3v) is 3.82. The van der Waals surface area contributed by atoms with Gasteiger partial charge in [-0.15, -0.1) is 0 Å². The predicted molar refractivity (Wildman–Crippen MR) is 66.5 cm³/mol. The van der Waals surface area contributed by atoms with Crippen molar-refractivity contribution in [1.29, 1.82) is 0 Å². The first kappa shape index (κ1) is 15.2. The SMILES string of the molecule is CCOP(=O)(O)CC=CN1CCNC(C(=O)O)C1. The molecule has 1 rings (SSSR count). The predicted octanol–water partition coefficient (Wildman–Crippen LogP) is 0.0804. The van der Waals surface area contributed by atoms with Gasteiger partial charge < -0.3 is 24.7 Å². The Morgan fingerprint density at radius 3 is 3.00 bits per heavy atom.